The Morgan fingerprint density at radius 3 is 2.60 bits per heavy atom. The Morgan fingerprint density at radius 1 is 1.10 bits per heavy atom. The van der Waals surface area contributed by atoms with Crippen molar-refractivity contribution >= 4 is 17.5 Å². The van der Waals surface area contributed by atoms with Gasteiger partial charge in [-0.25, -0.2) is 0 Å². The molecule has 5 nitrogen and oxygen atoms in total. The van der Waals surface area contributed by atoms with Gasteiger partial charge in [-0.1, -0.05) is 35.4 Å². The summed E-state index contributed by atoms with van der Waals surface area (Å²) in [4.78, 5) is 14.7. The van der Waals surface area contributed by atoms with E-state index in [1.165, 1.54) is 0 Å². The van der Waals surface area contributed by atoms with Gasteiger partial charge in [0.2, 0.25) is 5.91 Å². The highest BCUT2D eigenvalue weighted by Crippen LogP contribution is 2.29. The summed E-state index contributed by atoms with van der Waals surface area (Å²) in [6.45, 7) is 5.25. The van der Waals surface area contributed by atoms with Gasteiger partial charge in [0.1, 0.15) is 23.7 Å². The van der Waals surface area contributed by atoms with Gasteiger partial charge in [0.15, 0.2) is 0 Å². The minimum absolute atomic E-state index is 0.0470. The molecule has 1 saturated heterocycles. The van der Waals surface area contributed by atoms with Crippen LogP contribution in [0.4, 0.5) is 0 Å². The molecule has 30 heavy (non-hydrogen) atoms. The maximum Gasteiger partial charge on any atom is 0.227 e. The molecule has 0 aromatic heterocycles. The van der Waals surface area contributed by atoms with E-state index in [-0.39, 0.29) is 12.5 Å². The number of carbonyl (C=O) groups is 1. The maximum absolute atomic E-state index is 12.9. The first-order valence-electron chi connectivity index (χ1n) is 10.3. The zero-order valence-corrected chi connectivity index (χ0v) is 18.7. The number of hydrogen-bond donors (Lipinski definition) is 1. The molecule has 1 aliphatic heterocycles. The summed E-state index contributed by atoms with van der Waals surface area (Å²) in [7, 11) is 1.62. The second-order valence-corrected chi connectivity index (χ2v) is 8.58. The lowest BCUT2D eigenvalue weighted by atomic mass is 9.96. The molecule has 0 radical (unpaired) electrons. The second kappa shape index (κ2) is 9.71. The van der Waals surface area contributed by atoms with Crippen molar-refractivity contribution in [1.29, 1.82) is 0 Å². The van der Waals surface area contributed by atoms with Gasteiger partial charge in [0, 0.05) is 18.7 Å². The van der Waals surface area contributed by atoms with Crippen LogP contribution in [-0.4, -0.2) is 48.3 Å². The van der Waals surface area contributed by atoms with Gasteiger partial charge in [0.25, 0.3) is 0 Å². The summed E-state index contributed by atoms with van der Waals surface area (Å²) in [6, 6.07) is 11.4. The van der Waals surface area contributed by atoms with Crippen LogP contribution in [0.5, 0.6) is 11.5 Å². The summed E-state index contributed by atoms with van der Waals surface area (Å²) < 4.78 is 11.2. The molecule has 0 aliphatic carbocycles. The molecule has 1 heterocycles. The lowest BCUT2D eigenvalue weighted by molar-refractivity contribution is -0.130. The van der Waals surface area contributed by atoms with Crippen molar-refractivity contribution in [1.82, 2.24) is 4.90 Å². The number of nitrogens with zero attached hydrogens (tertiary/aromatic N) is 1. The van der Waals surface area contributed by atoms with E-state index in [1.54, 1.807) is 13.2 Å². The summed E-state index contributed by atoms with van der Waals surface area (Å²) in [5.41, 5.74) is 2.05. The van der Waals surface area contributed by atoms with Crippen molar-refractivity contribution in [2.75, 3.05) is 26.8 Å². The highest BCUT2D eigenvalue weighted by atomic mass is 35.5. The number of ether oxygens (including phenoxy) is 2. The summed E-state index contributed by atoms with van der Waals surface area (Å²) in [5.74, 6) is 1.35. The summed E-state index contributed by atoms with van der Waals surface area (Å²) >= 11 is 6.20. The summed E-state index contributed by atoms with van der Waals surface area (Å²) in [5, 5.41) is 11.6. The van der Waals surface area contributed by atoms with Gasteiger partial charge in [-0.05, 0) is 56.9 Å². The molecule has 1 atom stereocenters. The van der Waals surface area contributed by atoms with Crippen LogP contribution in [0.3, 0.4) is 0 Å². The van der Waals surface area contributed by atoms with Gasteiger partial charge in [-0.2, -0.15) is 0 Å². The first-order chi connectivity index (χ1) is 14.3. The van der Waals surface area contributed by atoms with E-state index in [0.29, 0.717) is 43.1 Å². The molecule has 1 N–H and O–H groups in total. The monoisotopic (exact) mass is 431 g/mol. The molecule has 162 valence electrons. The molecule has 1 aliphatic rings. The Balaban J connectivity index is 1.60. The fourth-order valence-corrected chi connectivity index (χ4v) is 4.00. The fraction of sp³-hybridized carbons (Fsp3) is 0.458. The number of benzene rings is 2. The molecule has 1 unspecified atom stereocenters. The summed E-state index contributed by atoms with van der Waals surface area (Å²) in [6.07, 6.45) is 2.05. The van der Waals surface area contributed by atoms with Gasteiger partial charge in [-0.15, -0.1) is 0 Å². The number of carbonyl (C=O) groups excluding carboxylic acids is 1. The Morgan fingerprint density at radius 2 is 1.83 bits per heavy atom. The minimum Gasteiger partial charge on any atom is -0.496 e. The predicted molar refractivity (Wildman–Crippen MR) is 118 cm³/mol. The Bertz CT molecular complexity index is 901. The number of aliphatic hydroxyl groups is 1. The molecule has 0 saturated carbocycles. The number of rotatable bonds is 6. The van der Waals surface area contributed by atoms with Crippen molar-refractivity contribution < 1.29 is 19.4 Å². The molecule has 2 aromatic rings. The maximum atomic E-state index is 12.9. The van der Waals surface area contributed by atoms with Gasteiger partial charge >= 0.3 is 0 Å². The second-order valence-electron chi connectivity index (χ2n) is 8.17. The van der Waals surface area contributed by atoms with Crippen LogP contribution < -0.4 is 9.47 Å². The third kappa shape index (κ3) is 5.67. The van der Waals surface area contributed by atoms with Gasteiger partial charge < -0.3 is 19.5 Å². The van der Waals surface area contributed by atoms with E-state index in [0.717, 1.165) is 28.9 Å². The van der Waals surface area contributed by atoms with E-state index in [1.807, 2.05) is 49.1 Å². The number of hydrogen-bond acceptors (Lipinski definition) is 4. The first kappa shape index (κ1) is 22.4. The molecule has 1 fully saturated rings. The normalized spacial score (nSPS) is 19.3. The zero-order chi connectivity index (χ0) is 21.7. The number of methoxy groups -OCH3 is 1. The van der Waals surface area contributed by atoms with Crippen LogP contribution in [0.15, 0.2) is 36.4 Å². The lowest BCUT2D eigenvalue weighted by Crippen LogP contribution is -2.38. The quantitative estimate of drug-likeness (QED) is 0.739. The SMILES string of the molecule is COc1ccc(C)cc1CC(=O)N1CCCC(O)(COc2cc(C)ccc2Cl)CC1. The van der Waals surface area contributed by atoms with Crippen molar-refractivity contribution in [2.24, 2.45) is 0 Å². The van der Waals surface area contributed by atoms with Gasteiger partial charge in [0.05, 0.1) is 18.6 Å². The fourth-order valence-electron chi connectivity index (χ4n) is 3.83. The average Bonchev–Trinajstić information content (AvgIpc) is 2.91. The van der Waals surface area contributed by atoms with Crippen molar-refractivity contribution in [3.05, 3.63) is 58.1 Å². The molecule has 6 heteroatoms. The average molecular weight is 432 g/mol. The van der Waals surface area contributed by atoms with E-state index in [2.05, 4.69) is 0 Å². The Hall–Kier alpha value is -2.24. The van der Waals surface area contributed by atoms with Crippen LogP contribution in [0.2, 0.25) is 5.02 Å². The topological polar surface area (TPSA) is 59.0 Å². The van der Waals surface area contributed by atoms with Crippen molar-refractivity contribution in [3.63, 3.8) is 0 Å². The van der Waals surface area contributed by atoms with Crippen LogP contribution in [0, 0.1) is 13.8 Å². The number of amides is 1. The first-order valence-corrected chi connectivity index (χ1v) is 10.7. The number of aryl methyl sites for hydroxylation is 2. The number of halogens is 1. The van der Waals surface area contributed by atoms with Crippen LogP contribution >= 0.6 is 11.6 Å². The van der Waals surface area contributed by atoms with Crippen LogP contribution in [0.25, 0.3) is 0 Å². The van der Waals surface area contributed by atoms with E-state index < -0.39 is 5.60 Å². The molecular weight excluding hydrogens is 402 g/mol. The van der Waals surface area contributed by atoms with E-state index >= 15 is 0 Å². The third-order valence-electron chi connectivity index (χ3n) is 5.63. The standard InChI is InChI=1S/C24H30ClNO4/c1-17-6-8-21(29-3)19(13-17)15-23(27)26-11-4-9-24(28,10-12-26)16-30-22-14-18(2)5-7-20(22)25/h5-8,13-14,28H,4,9-12,15-16H2,1-3H3. The lowest BCUT2D eigenvalue weighted by Gasteiger charge is -2.27. The van der Waals surface area contributed by atoms with Crippen LogP contribution in [0.1, 0.15) is 36.0 Å². The van der Waals surface area contributed by atoms with Crippen molar-refractivity contribution in [2.45, 2.75) is 45.1 Å². The minimum atomic E-state index is -0.983. The number of likely N-dealkylation sites (tertiary alicyclic amines) is 1. The van der Waals surface area contributed by atoms with Gasteiger partial charge in [-0.3, -0.25) is 4.79 Å². The highest BCUT2D eigenvalue weighted by Gasteiger charge is 2.32. The van der Waals surface area contributed by atoms with E-state index in [9.17, 15) is 9.90 Å². The van der Waals surface area contributed by atoms with Crippen molar-refractivity contribution in [3.8, 4) is 11.5 Å². The Kier molecular flexibility index (Phi) is 7.27. The predicted octanol–water partition coefficient (Wildman–Crippen LogP) is 4.33. The molecule has 0 spiro atoms. The largest absolute Gasteiger partial charge is 0.496 e. The third-order valence-corrected chi connectivity index (χ3v) is 5.94. The molecular formula is C24H30ClNO4. The zero-order valence-electron chi connectivity index (χ0n) is 17.9. The van der Waals surface area contributed by atoms with E-state index in [4.69, 9.17) is 21.1 Å². The molecule has 2 aromatic carbocycles. The molecule has 1 amide bonds. The smallest absolute Gasteiger partial charge is 0.227 e. The molecule has 0 bridgehead atoms. The Labute approximate surface area is 183 Å². The molecule has 3 rings (SSSR count). The van der Waals surface area contributed by atoms with Crippen LogP contribution in [-0.2, 0) is 11.2 Å². The highest BCUT2D eigenvalue weighted by molar-refractivity contribution is 6.32.